The minimum absolute atomic E-state index is 0.119. The van der Waals surface area contributed by atoms with Crippen LogP contribution in [-0.4, -0.2) is 64.7 Å². The van der Waals surface area contributed by atoms with Crippen molar-refractivity contribution in [3.63, 3.8) is 0 Å². The highest BCUT2D eigenvalue weighted by Gasteiger charge is 2.70. The maximum atomic E-state index is 12.5. The van der Waals surface area contributed by atoms with Gasteiger partial charge in [0.25, 0.3) is 0 Å². The molecule has 6 rings (SSSR count). The van der Waals surface area contributed by atoms with Gasteiger partial charge < -0.3 is 29.6 Å². The molecule has 1 aromatic rings. The minimum Gasteiger partial charge on any atom is -0.446 e. The normalized spacial score (nSPS) is 43.8. The molecule has 8 nitrogen and oxygen atoms in total. The fraction of sp³-hybridized carbons (Fsp3) is 0.806. The van der Waals surface area contributed by atoms with Gasteiger partial charge in [-0.05, 0) is 112 Å². The SMILES string of the molecule is C[C@]12CC[C@H](OC(=O)NCCN3CCCC3)C[C@@]1(O)CC[C@@H]1[C@@H]2CC[C@]2(C)[C@@H](c3ccc(=O)oc3)CC[C@]12O. The molecular weight excluding hydrogens is 496 g/mol. The molecule has 3 N–H and O–H groups in total. The maximum Gasteiger partial charge on any atom is 0.407 e. The fourth-order valence-electron chi connectivity index (χ4n) is 9.90. The lowest BCUT2D eigenvalue weighted by Gasteiger charge is -2.66. The predicted octanol–water partition coefficient (Wildman–Crippen LogP) is 4.19. The average Bonchev–Trinajstić information content (AvgIpc) is 3.51. The zero-order valence-corrected chi connectivity index (χ0v) is 23.6. The van der Waals surface area contributed by atoms with E-state index in [2.05, 4.69) is 24.1 Å². The highest BCUT2D eigenvalue weighted by atomic mass is 16.6. The number of rotatable bonds is 5. The molecule has 0 unspecified atom stereocenters. The molecule has 5 aliphatic rings. The van der Waals surface area contributed by atoms with Crippen LogP contribution < -0.4 is 10.9 Å². The molecule has 1 amide bonds. The Bertz CT molecular complexity index is 1110. The van der Waals surface area contributed by atoms with Crippen LogP contribution in [-0.2, 0) is 4.74 Å². The van der Waals surface area contributed by atoms with E-state index in [1.807, 2.05) is 6.07 Å². The number of nitrogens with zero attached hydrogens (tertiary/aromatic N) is 1. The van der Waals surface area contributed by atoms with E-state index in [9.17, 15) is 19.8 Å². The van der Waals surface area contributed by atoms with E-state index in [1.54, 1.807) is 6.26 Å². The van der Waals surface area contributed by atoms with Crippen LogP contribution in [0.5, 0.6) is 0 Å². The number of hydrogen-bond donors (Lipinski definition) is 3. The molecule has 0 aromatic carbocycles. The molecule has 4 saturated carbocycles. The molecule has 8 atom stereocenters. The van der Waals surface area contributed by atoms with Crippen molar-refractivity contribution in [2.24, 2.45) is 22.7 Å². The van der Waals surface area contributed by atoms with Gasteiger partial charge in [-0.25, -0.2) is 9.59 Å². The van der Waals surface area contributed by atoms with Crippen LogP contribution in [0.15, 0.2) is 27.6 Å². The number of ether oxygens (including phenoxy) is 1. The molecule has 1 saturated heterocycles. The first-order valence-electron chi connectivity index (χ1n) is 15.3. The van der Waals surface area contributed by atoms with Crippen LogP contribution >= 0.6 is 0 Å². The molecule has 8 heteroatoms. The highest BCUT2D eigenvalue weighted by Crippen LogP contribution is 2.71. The van der Waals surface area contributed by atoms with E-state index < -0.39 is 11.2 Å². The Labute approximate surface area is 231 Å². The van der Waals surface area contributed by atoms with E-state index in [0.717, 1.165) is 70.1 Å². The number of likely N-dealkylation sites (tertiary alicyclic amines) is 1. The fourth-order valence-corrected chi connectivity index (χ4v) is 9.90. The van der Waals surface area contributed by atoms with Crippen molar-refractivity contribution in [3.05, 3.63) is 34.4 Å². The lowest BCUT2D eigenvalue weighted by molar-refractivity contribution is -0.253. The lowest BCUT2D eigenvalue weighted by atomic mass is 9.42. The van der Waals surface area contributed by atoms with E-state index in [4.69, 9.17) is 9.15 Å². The minimum atomic E-state index is -0.905. The first-order chi connectivity index (χ1) is 18.6. The summed E-state index contributed by atoms with van der Waals surface area (Å²) in [5.74, 6) is 0.486. The third-order valence-electron chi connectivity index (χ3n) is 12.2. The van der Waals surface area contributed by atoms with Crippen LogP contribution in [0, 0.1) is 22.7 Å². The molecule has 1 aromatic heterocycles. The quantitative estimate of drug-likeness (QED) is 0.512. The summed E-state index contributed by atoms with van der Waals surface area (Å²) in [7, 11) is 0. The lowest BCUT2D eigenvalue weighted by Crippen LogP contribution is -2.67. The van der Waals surface area contributed by atoms with Gasteiger partial charge >= 0.3 is 11.7 Å². The summed E-state index contributed by atoms with van der Waals surface area (Å²) in [4.78, 5) is 26.5. The number of nitrogens with one attached hydrogen (secondary N) is 1. The first-order valence-corrected chi connectivity index (χ1v) is 15.3. The Morgan fingerprint density at radius 2 is 1.77 bits per heavy atom. The van der Waals surface area contributed by atoms with Crippen molar-refractivity contribution in [3.8, 4) is 0 Å². The van der Waals surface area contributed by atoms with Gasteiger partial charge in [-0.1, -0.05) is 13.8 Å². The molecule has 216 valence electrons. The van der Waals surface area contributed by atoms with Gasteiger partial charge in [-0.3, -0.25) is 0 Å². The smallest absolute Gasteiger partial charge is 0.407 e. The van der Waals surface area contributed by atoms with Gasteiger partial charge in [0.2, 0.25) is 0 Å². The van der Waals surface area contributed by atoms with Crippen LogP contribution in [0.1, 0.15) is 96.0 Å². The third kappa shape index (κ3) is 4.36. The summed E-state index contributed by atoms with van der Waals surface area (Å²) < 4.78 is 11.0. The monoisotopic (exact) mass is 542 g/mol. The van der Waals surface area contributed by atoms with Gasteiger partial charge in [-0.2, -0.15) is 0 Å². The summed E-state index contributed by atoms with van der Waals surface area (Å²) in [6.07, 6.45) is 10.2. The Morgan fingerprint density at radius 1 is 1.03 bits per heavy atom. The van der Waals surface area contributed by atoms with Gasteiger partial charge in [-0.15, -0.1) is 0 Å². The van der Waals surface area contributed by atoms with Crippen molar-refractivity contribution in [1.29, 1.82) is 0 Å². The van der Waals surface area contributed by atoms with Gasteiger partial charge in [0.15, 0.2) is 0 Å². The zero-order valence-electron chi connectivity index (χ0n) is 23.6. The Morgan fingerprint density at radius 3 is 2.51 bits per heavy atom. The van der Waals surface area contributed by atoms with Crippen molar-refractivity contribution in [2.45, 2.75) is 108 Å². The molecule has 2 heterocycles. The number of fused-ring (bicyclic) bond motifs is 5. The number of carbonyl (C=O) groups is 1. The van der Waals surface area contributed by atoms with E-state index in [0.29, 0.717) is 19.4 Å². The van der Waals surface area contributed by atoms with Crippen LogP contribution in [0.2, 0.25) is 0 Å². The first kappa shape index (κ1) is 27.3. The second-order valence-corrected chi connectivity index (χ2v) is 13.8. The summed E-state index contributed by atoms with van der Waals surface area (Å²) in [5, 5.41) is 27.4. The van der Waals surface area contributed by atoms with Crippen molar-refractivity contribution in [2.75, 3.05) is 26.2 Å². The Balaban J connectivity index is 1.12. The Kier molecular flexibility index (Phi) is 6.91. The standard InChI is InChI=1S/C31H46N2O6/c1-28-11-7-22(39-27(35)32-15-18-33-16-3-4-17-33)19-30(28,36)13-9-25-24(28)8-12-29(2)23(10-14-31(25,29)37)21-5-6-26(34)38-20-21/h5-6,20,22-25,36-37H,3-4,7-19H2,1-2H3,(H,32,35)/t22-,23+,24-,25+,28+,29+,30-,31-/m0/s1. The van der Waals surface area contributed by atoms with Crippen molar-refractivity contribution in [1.82, 2.24) is 10.2 Å². The second kappa shape index (κ2) is 9.88. The number of hydrogen-bond acceptors (Lipinski definition) is 7. The van der Waals surface area contributed by atoms with Crippen LogP contribution in [0.3, 0.4) is 0 Å². The largest absolute Gasteiger partial charge is 0.446 e. The molecule has 0 spiro atoms. The topological polar surface area (TPSA) is 112 Å². The van der Waals surface area contributed by atoms with Gasteiger partial charge in [0.05, 0.1) is 17.5 Å². The summed E-state index contributed by atoms with van der Waals surface area (Å²) in [6.45, 7) is 8.10. The molecule has 4 aliphatic carbocycles. The van der Waals surface area contributed by atoms with E-state index in [1.165, 1.54) is 18.9 Å². The maximum absolute atomic E-state index is 12.5. The van der Waals surface area contributed by atoms with Gasteiger partial charge in [0.1, 0.15) is 6.10 Å². The molecule has 5 fully saturated rings. The number of alkyl carbamates (subject to hydrolysis) is 1. The van der Waals surface area contributed by atoms with Crippen molar-refractivity contribution < 1.29 is 24.2 Å². The number of amides is 1. The summed E-state index contributed by atoms with van der Waals surface area (Å²) in [5.41, 5.74) is -1.69. The summed E-state index contributed by atoms with van der Waals surface area (Å²) in [6, 6.07) is 3.35. The van der Waals surface area contributed by atoms with E-state index in [-0.39, 0.29) is 46.4 Å². The number of aliphatic hydroxyl groups is 2. The number of carbonyl (C=O) groups excluding carboxylic acids is 1. The van der Waals surface area contributed by atoms with Crippen LogP contribution in [0.25, 0.3) is 0 Å². The average molecular weight is 543 g/mol. The summed E-state index contributed by atoms with van der Waals surface area (Å²) >= 11 is 0. The highest BCUT2D eigenvalue weighted by molar-refractivity contribution is 5.67. The molecular formula is C31H46N2O6. The van der Waals surface area contributed by atoms with Crippen LogP contribution in [0.4, 0.5) is 4.79 Å². The Hall–Kier alpha value is -1.90. The van der Waals surface area contributed by atoms with Crippen molar-refractivity contribution >= 4 is 6.09 Å². The zero-order chi connectivity index (χ0) is 27.5. The second-order valence-electron chi connectivity index (χ2n) is 13.8. The van der Waals surface area contributed by atoms with E-state index >= 15 is 0 Å². The molecule has 1 aliphatic heterocycles. The predicted molar refractivity (Wildman–Crippen MR) is 146 cm³/mol. The molecule has 39 heavy (non-hydrogen) atoms. The third-order valence-corrected chi connectivity index (χ3v) is 12.2. The molecule has 0 radical (unpaired) electrons. The van der Waals surface area contributed by atoms with Gasteiger partial charge in [0, 0.05) is 31.0 Å². The molecule has 0 bridgehead atoms.